The van der Waals surface area contributed by atoms with E-state index in [2.05, 4.69) is 15.0 Å². The number of carbonyl (C=O) groups excluding carboxylic acids is 1. The van der Waals surface area contributed by atoms with E-state index < -0.39 is 10.0 Å². The summed E-state index contributed by atoms with van der Waals surface area (Å²) in [6.07, 6.45) is 4.68. The fourth-order valence-electron chi connectivity index (χ4n) is 3.00. The van der Waals surface area contributed by atoms with Gasteiger partial charge >= 0.3 is 0 Å². The molecule has 3 rings (SSSR count). The summed E-state index contributed by atoms with van der Waals surface area (Å²) in [4.78, 5) is 16.3. The highest BCUT2D eigenvalue weighted by Gasteiger charge is 2.14. The summed E-state index contributed by atoms with van der Waals surface area (Å²) in [5, 5.41) is 2.72. The van der Waals surface area contributed by atoms with E-state index in [1.165, 1.54) is 36.5 Å². The molecule has 3 aromatic rings. The summed E-state index contributed by atoms with van der Waals surface area (Å²) in [5.41, 5.74) is 3.42. The van der Waals surface area contributed by atoms with Crippen molar-refractivity contribution >= 4 is 33.5 Å². The van der Waals surface area contributed by atoms with Crippen LogP contribution in [0.3, 0.4) is 0 Å². The molecule has 31 heavy (non-hydrogen) atoms. The maximum Gasteiger partial charge on any atom is 0.263 e. The van der Waals surface area contributed by atoms with Crippen molar-refractivity contribution < 1.29 is 17.9 Å². The maximum absolute atomic E-state index is 12.4. The second-order valence-corrected chi connectivity index (χ2v) is 8.52. The standard InChI is InChI=1S/C23H23N3O4S/c1-16-14-19(30-3)15-17(2)21(16)11-12-23(27)25-18-7-9-20(10-8-18)31(28,29)26-22-6-4-5-13-24-22/h4-15H,1-3H3,(H,24,26)(H,25,27)/b12-11+. The van der Waals surface area contributed by atoms with Crippen molar-refractivity contribution in [3.8, 4) is 5.75 Å². The number of carbonyl (C=O) groups is 1. The molecule has 8 heteroatoms. The molecule has 1 amide bonds. The topological polar surface area (TPSA) is 97.4 Å². The normalized spacial score (nSPS) is 11.3. The minimum absolute atomic E-state index is 0.0659. The average Bonchev–Trinajstić information content (AvgIpc) is 2.73. The molecule has 0 radical (unpaired) electrons. The van der Waals surface area contributed by atoms with Crippen LogP contribution in [0.25, 0.3) is 6.08 Å². The van der Waals surface area contributed by atoms with Gasteiger partial charge in [0.05, 0.1) is 12.0 Å². The largest absolute Gasteiger partial charge is 0.497 e. The second-order valence-electron chi connectivity index (χ2n) is 6.84. The van der Waals surface area contributed by atoms with E-state index in [0.29, 0.717) is 5.69 Å². The Morgan fingerprint density at radius 1 is 1.03 bits per heavy atom. The SMILES string of the molecule is COc1cc(C)c(/C=C/C(=O)Nc2ccc(S(=O)(=O)Nc3ccccn3)cc2)c(C)c1. The fourth-order valence-corrected chi connectivity index (χ4v) is 4.00. The minimum atomic E-state index is -3.77. The van der Waals surface area contributed by atoms with Crippen molar-refractivity contribution in [2.45, 2.75) is 18.7 Å². The number of aromatic nitrogens is 1. The zero-order valence-electron chi connectivity index (χ0n) is 17.4. The second kappa shape index (κ2) is 9.44. The Kier molecular flexibility index (Phi) is 6.71. The molecule has 7 nitrogen and oxygen atoms in total. The van der Waals surface area contributed by atoms with E-state index in [1.807, 2.05) is 26.0 Å². The molecule has 0 fully saturated rings. The number of ether oxygens (including phenoxy) is 1. The van der Waals surface area contributed by atoms with E-state index in [1.54, 1.807) is 31.4 Å². The zero-order valence-corrected chi connectivity index (χ0v) is 18.2. The molecule has 0 saturated heterocycles. The molecule has 2 N–H and O–H groups in total. The van der Waals surface area contributed by atoms with E-state index in [-0.39, 0.29) is 16.6 Å². The molecule has 1 heterocycles. The number of hydrogen-bond acceptors (Lipinski definition) is 5. The number of rotatable bonds is 7. The highest BCUT2D eigenvalue weighted by atomic mass is 32.2. The Bertz CT molecular complexity index is 1180. The van der Waals surface area contributed by atoms with Gasteiger partial charge in [0.15, 0.2) is 0 Å². The van der Waals surface area contributed by atoms with Crippen molar-refractivity contribution in [2.75, 3.05) is 17.1 Å². The number of anilines is 2. The first kappa shape index (κ1) is 22.0. The minimum Gasteiger partial charge on any atom is -0.497 e. The summed E-state index contributed by atoms with van der Waals surface area (Å²) in [5.74, 6) is 0.676. The van der Waals surface area contributed by atoms with E-state index in [0.717, 1.165) is 22.4 Å². The van der Waals surface area contributed by atoms with Gasteiger partial charge in [-0.25, -0.2) is 13.4 Å². The number of methoxy groups -OCH3 is 1. The lowest BCUT2D eigenvalue weighted by molar-refractivity contribution is -0.111. The first-order valence-corrected chi connectivity index (χ1v) is 10.9. The summed E-state index contributed by atoms with van der Waals surface area (Å²) in [7, 11) is -2.16. The van der Waals surface area contributed by atoms with Gasteiger partial charge in [0, 0.05) is 18.0 Å². The zero-order chi connectivity index (χ0) is 22.4. The van der Waals surface area contributed by atoms with Crippen LogP contribution in [0.5, 0.6) is 5.75 Å². The van der Waals surface area contributed by atoms with E-state index in [4.69, 9.17) is 4.74 Å². The fraction of sp³-hybridized carbons (Fsp3) is 0.130. The molecule has 0 aliphatic heterocycles. The van der Waals surface area contributed by atoms with Crippen LogP contribution in [-0.4, -0.2) is 26.4 Å². The number of amides is 1. The van der Waals surface area contributed by atoms with Crippen LogP contribution in [0, 0.1) is 13.8 Å². The average molecular weight is 438 g/mol. The third-order valence-electron chi connectivity index (χ3n) is 4.54. The van der Waals surface area contributed by atoms with Crippen molar-refractivity contribution in [2.24, 2.45) is 0 Å². The molecular weight excluding hydrogens is 414 g/mol. The van der Waals surface area contributed by atoms with Crippen molar-refractivity contribution in [3.05, 3.63) is 83.6 Å². The third-order valence-corrected chi connectivity index (χ3v) is 5.91. The molecule has 2 aromatic carbocycles. The molecule has 0 aliphatic rings. The maximum atomic E-state index is 12.4. The first-order valence-electron chi connectivity index (χ1n) is 9.47. The lowest BCUT2D eigenvalue weighted by atomic mass is 10.0. The number of sulfonamides is 1. The molecule has 1 aromatic heterocycles. The number of nitrogens with zero attached hydrogens (tertiary/aromatic N) is 1. The third kappa shape index (κ3) is 5.70. The molecule has 0 spiro atoms. The summed E-state index contributed by atoms with van der Waals surface area (Å²) >= 11 is 0. The molecule has 160 valence electrons. The van der Waals surface area contributed by atoms with Gasteiger partial charge in [0.2, 0.25) is 5.91 Å². The first-order chi connectivity index (χ1) is 14.8. The van der Waals surface area contributed by atoms with Crippen LogP contribution >= 0.6 is 0 Å². The van der Waals surface area contributed by atoms with Gasteiger partial charge in [-0.2, -0.15) is 0 Å². The smallest absolute Gasteiger partial charge is 0.263 e. The summed E-state index contributed by atoms with van der Waals surface area (Å²) in [6.45, 7) is 3.90. The highest BCUT2D eigenvalue weighted by Crippen LogP contribution is 2.23. The predicted octanol–water partition coefficient (Wildman–Crippen LogP) is 4.16. The van der Waals surface area contributed by atoms with E-state index in [9.17, 15) is 13.2 Å². The van der Waals surface area contributed by atoms with Crippen molar-refractivity contribution in [3.63, 3.8) is 0 Å². The predicted molar refractivity (Wildman–Crippen MR) is 122 cm³/mol. The Balaban J connectivity index is 1.67. The van der Waals surface area contributed by atoms with Crippen molar-refractivity contribution in [1.29, 1.82) is 0 Å². The van der Waals surface area contributed by atoms with Gasteiger partial charge < -0.3 is 10.1 Å². The van der Waals surface area contributed by atoms with Gasteiger partial charge in [-0.1, -0.05) is 6.07 Å². The number of benzene rings is 2. The van der Waals surface area contributed by atoms with Gasteiger partial charge in [0.25, 0.3) is 10.0 Å². The Morgan fingerprint density at radius 3 is 2.29 bits per heavy atom. The van der Waals surface area contributed by atoms with Crippen LogP contribution in [0.15, 0.2) is 71.8 Å². The van der Waals surface area contributed by atoms with Crippen LogP contribution < -0.4 is 14.8 Å². The van der Waals surface area contributed by atoms with E-state index >= 15 is 0 Å². The number of nitrogens with one attached hydrogen (secondary N) is 2. The van der Waals surface area contributed by atoms with Gasteiger partial charge in [0.1, 0.15) is 11.6 Å². The van der Waals surface area contributed by atoms with Crippen LogP contribution in [-0.2, 0) is 14.8 Å². The lowest BCUT2D eigenvalue weighted by Crippen LogP contribution is -2.14. The summed E-state index contributed by atoms with van der Waals surface area (Å²) in [6, 6.07) is 14.7. The lowest BCUT2D eigenvalue weighted by Gasteiger charge is -2.09. The van der Waals surface area contributed by atoms with Crippen LogP contribution in [0.2, 0.25) is 0 Å². The number of pyridine rings is 1. The molecule has 0 aliphatic carbocycles. The monoisotopic (exact) mass is 437 g/mol. The van der Waals surface area contributed by atoms with Crippen molar-refractivity contribution in [1.82, 2.24) is 4.98 Å². The molecule has 0 unspecified atom stereocenters. The molecule has 0 bridgehead atoms. The highest BCUT2D eigenvalue weighted by molar-refractivity contribution is 7.92. The molecule has 0 saturated carbocycles. The number of aryl methyl sites for hydroxylation is 2. The van der Waals surface area contributed by atoms with Crippen LogP contribution in [0.4, 0.5) is 11.5 Å². The molecular formula is C23H23N3O4S. The van der Waals surface area contributed by atoms with Gasteiger partial charge in [-0.05, 0) is 85.1 Å². The van der Waals surface area contributed by atoms with Gasteiger partial charge in [-0.3, -0.25) is 9.52 Å². The quantitative estimate of drug-likeness (QED) is 0.541. The van der Waals surface area contributed by atoms with Crippen LogP contribution in [0.1, 0.15) is 16.7 Å². The summed E-state index contributed by atoms with van der Waals surface area (Å²) < 4.78 is 32.5. The Morgan fingerprint density at radius 2 is 1.71 bits per heavy atom. The van der Waals surface area contributed by atoms with Gasteiger partial charge in [-0.15, -0.1) is 0 Å². The Labute approximate surface area is 181 Å². The Hall–Kier alpha value is -3.65. The number of hydrogen-bond donors (Lipinski definition) is 2. The molecule has 0 atom stereocenters.